The summed E-state index contributed by atoms with van der Waals surface area (Å²) in [6.45, 7) is 8.84. The predicted octanol–water partition coefficient (Wildman–Crippen LogP) is 2.52. The molecule has 1 unspecified atom stereocenters. The Labute approximate surface area is 98.4 Å². The second kappa shape index (κ2) is 4.10. The lowest BCUT2D eigenvalue weighted by Crippen LogP contribution is -2.26. The molecule has 1 aliphatic heterocycles. The molecule has 0 aliphatic carbocycles. The third-order valence-corrected chi connectivity index (χ3v) is 3.30. The van der Waals surface area contributed by atoms with Crippen molar-refractivity contribution in [2.75, 3.05) is 18.0 Å². The van der Waals surface area contributed by atoms with Crippen molar-refractivity contribution in [2.24, 2.45) is 5.73 Å². The van der Waals surface area contributed by atoms with Crippen LogP contribution in [0.5, 0.6) is 0 Å². The van der Waals surface area contributed by atoms with E-state index in [-0.39, 0.29) is 5.41 Å². The fourth-order valence-corrected chi connectivity index (χ4v) is 2.19. The maximum atomic E-state index is 5.94. The molecule has 0 spiro atoms. The van der Waals surface area contributed by atoms with Crippen LogP contribution in [0.25, 0.3) is 0 Å². The first-order valence-electron chi connectivity index (χ1n) is 6.08. The number of benzene rings is 1. The Kier molecular flexibility index (Phi) is 2.94. The summed E-state index contributed by atoms with van der Waals surface area (Å²) in [6, 6.07) is 9.20. The highest BCUT2D eigenvalue weighted by Crippen LogP contribution is 2.27. The minimum absolute atomic E-state index is 0.220. The molecule has 1 aliphatic rings. The summed E-state index contributed by atoms with van der Waals surface area (Å²) in [6.07, 6.45) is 1.11. The summed E-state index contributed by atoms with van der Waals surface area (Å²) in [4.78, 5) is 2.39. The average molecular weight is 218 g/mol. The van der Waals surface area contributed by atoms with Crippen LogP contribution in [0, 0.1) is 0 Å². The highest BCUT2D eigenvalue weighted by atomic mass is 15.2. The van der Waals surface area contributed by atoms with Crippen molar-refractivity contribution in [2.45, 2.75) is 38.6 Å². The standard InChI is InChI=1S/C14H22N2/c1-14(2,3)11-5-4-6-13(9-11)16-8-7-12(15)10-16/h4-6,9,12H,7-8,10,15H2,1-3H3. The molecular formula is C14H22N2. The minimum atomic E-state index is 0.220. The maximum Gasteiger partial charge on any atom is 0.0369 e. The molecule has 2 nitrogen and oxygen atoms in total. The van der Waals surface area contributed by atoms with Crippen LogP contribution in [-0.4, -0.2) is 19.1 Å². The number of nitrogens with zero attached hydrogens (tertiary/aromatic N) is 1. The first kappa shape index (κ1) is 11.5. The molecule has 1 fully saturated rings. The third kappa shape index (κ3) is 2.38. The Morgan fingerprint density at radius 2 is 2.06 bits per heavy atom. The lowest BCUT2D eigenvalue weighted by molar-refractivity contribution is 0.590. The zero-order valence-electron chi connectivity index (χ0n) is 10.5. The van der Waals surface area contributed by atoms with Crippen LogP contribution in [0.2, 0.25) is 0 Å². The number of rotatable bonds is 1. The van der Waals surface area contributed by atoms with Gasteiger partial charge in [0, 0.05) is 24.8 Å². The lowest BCUT2D eigenvalue weighted by atomic mass is 9.87. The van der Waals surface area contributed by atoms with Gasteiger partial charge in [-0.3, -0.25) is 0 Å². The van der Waals surface area contributed by atoms with Crippen molar-refractivity contribution in [1.82, 2.24) is 0 Å². The summed E-state index contributed by atoms with van der Waals surface area (Å²) in [7, 11) is 0. The molecule has 2 N–H and O–H groups in total. The molecule has 0 saturated carbocycles. The Balaban J connectivity index is 2.23. The highest BCUT2D eigenvalue weighted by Gasteiger charge is 2.21. The predicted molar refractivity (Wildman–Crippen MR) is 69.9 cm³/mol. The summed E-state index contributed by atoms with van der Waals surface area (Å²) >= 11 is 0. The number of hydrogen-bond donors (Lipinski definition) is 1. The van der Waals surface area contributed by atoms with Gasteiger partial charge in [0.15, 0.2) is 0 Å². The van der Waals surface area contributed by atoms with Gasteiger partial charge < -0.3 is 10.6 Å². The third-order valence-electron chi connectivity index (χ3n) is 3.30. The van der Waals surface area contributed by atoms with Gasteiger partial charge in [-0.2, -0.15) is 0 Å². The Morgan fingerprint density at radius 3 is 2.62 bits per heavy atom. The summed E-state index contributed by atoms with van der Waals surface area (Å²) in [5, 5.41) is 0. The van der Waals surface area contributed by atoms with E-state index < -0.39 is 0 Å². The Hall–Kier alpha value is -1.02. The molecule has 0 aromatic heterocycles. The average Bonchev–Trinajstić information content (AvgIpc) is 2.64. The lowest BCUT2D eigenvalue weighted by Gasteiger charge is -2.23. The van der Waals surface area contributed by atoms with Crippen molar-refractivity contribution in [3.8, 4) is 0 Å². The van der Waals surface area contributed by atoms with Crippen molar-refractivity contribution < 1.29 is 0 Å². The fraction of sp³-hybridized carbons (Fsp3) is 0.571. The van der Waals surface area contributed by atoms with E-state index in [2.05, 4.69) is 49.9 Å². The molecule has 1 heterocycles. The van der Waals surface area contributed by atoms with E-state index in [1.807, 2.05) is 0 Å². The first-order valence-corrected chi connectivity index (χ1v) is 6.08. The molecule has 16 heavy (non-hydrogen) atoms. The van der Waals surface area contributed by atoms with Crippen LogP contribution in [0.3, 0.4) is 0 Å². The van der Waals surface area contributed by atoms with Crippen molar-refractivity contribution in [3.05, 3.63) is 29.8 Å². The van der Waals surface area contributed by atoms with Gasteiger partial charge in [-0.15, -0.1) is 0 Å². The van der Waals surface area contributed by atoms with Gasteiger partial charge in [0.25, 0.3) is 0 Å². The smallest absolute Gasteiger partial charge is 0.0369 e. The van der Waals surface area contributed by atoms with Crippen molar-refractivity contribution in [3.63, 3.8) is 0 Å². The van der Waals surface area contributed by atoms with Crippen LogP contribution in [-0.2, 0) is 5.41 Å². The van der Waals surface area contributed by atoms with Gasteiger partial charge in [-0.25, -0.2) is 0 Å². The monoisotopic (exact) mass is 218 g/mol. The van der Waals surface area contributed by atoms with E-state index >= 15 is 0 Å². The fourth-order valence-electron chi connectivity index (χ4n) is 2.19. The number of anilines is 1. The summed E-state index contributed by atoms with van der Waals surface area (Å²) in [5.74, 6) is 0. The minimum Gasteiger partial charge on any atom is -0.370 e. The highest BCUT2D eigenvalue weighted by molar-refractivity contribution is 5.51. The molecular weight excluding hydrogens is 196 g/mol. The second-order valence-electron chi connectivity index (χ2n) is 5.80. The zero-order valence-corrected chi connectivity index (χ0v) is 10.5. The topological polar surface area (TPSA) is 29.3 Å². The van der Waals surface area contributed by atoms with Gasteiger partial charge in [0.1, 0.15) is 0 Å². The van der Waals surface area contributed by atoms with Gasteiger partial charge in [0.05, 0.1) is 0 Å². The van der Waals surface area contributed by atoms with Crippen LogP contribution in [0.15, 0.2) is 24.3 Å². The molecule has 2 heteroatoms. The van der Waals surface area contributed by atoms with E-state index in [4.69, 9.17) is 5.73 Å². The van der Waals surface area contributed by atoms with Crippen LogP contribution < -0.4 is 10.6 Å². The molecule has 1 atom stereocenters. The van der Waals surface area contributed by atoms with Gasteiger partial charge in [0.2, 0.25) is 0 Å². The number of hydrogen-bond acceptors (Lipinski definition) is 2. The molecule has 1 saturated heterocycles. The molecule has 0 amide bonds. The van der Waals surface area contributed by atoms with Gasteiger partial charge >= 0.3 is 0 Å². The largest absolute Gasteiger partial charge is 0.370 e. The summed E-state index contributed by atoms with van der Waals surface area (Å²) in [5.41, 5.74) is 8.88. The van der Waals surface area contributed by atoms with E-state index in [1.165, 1.54) is 11.3 Å². The van der Waals surface area contributed by atoms with Gasteiger partial charge in [-0.1, -0.05) is 32.9 Å². The molecule has 0 bridgehead atoms. The SMILES string of the molecule is CC(C)(C)c1cccc(N2CCC(N)C2)c1. The quantitative estimate of drug-likeness (QED) is 0.785. The molecule has 0 radical (unpaired) electrons. The van der Waals surface area contributed by atoms with Crippen LogP contribution in [0.4, 0.5) is 5.69 Å². The van der Waals surface area contributed by atoms with E-state index in [0.29, 0.717) is 6.04 Å². The maximum absolute atomic E-state index is 5.94. The van der Waals surface area contributed by atoms with E-state index in [9.17, 15) is 0 Å². The summed E-state index contributed by atoms with van der Waals surface area (Å²) < 4.78 is 0. The second-order valence-corrected chi connectivity index (χ2v) is 5.80. The Morgan fingerprint density at radius 1 is 1.31 bits per heavy atom. The van der Waals surface area contributed by atoms with Crippen LogP contribution in [0.1, 0.15) is 32.8 Å². The van der Waals surface area contributed by atoms with Crippen LogP contribution >= 0.6 is 0 Å². The molecule has 2 rings (SSSR count). The van der Waals surface area contributed by atoms with E-state index in [0.717, 1.165) is 19.5 Å². The Bertz CT molecular complexity index is 365. The molecule has 1 aromatic rings. The number of nitrogens with two attached hydrogens (primary N) is 1. The van der Waals surface area contributed by atoms with E-state index in [1.54, 1.807) is 0 Å². The molecule has 88 valence electrons. The first-order chi connectivity index (χ1) is 7.47. The van der Waals surface area contributed by atoms with Crippen molar-refractivity contribution in [1.29, 1.82) is 0 Å². The van der Waals surface area contributed by atoms with Gasteiger partial charge in [-0.05, 0) is 29.5 Å². The van der Waals surface area contributed by atoms with Crippen molar-refractivity contribution >= 4 is 5.69 Å². The zero-order chi connectivity index (χ0) is 11.8. The normalized spacial score (nSPS) is 21.5. The molecule has 1 aromatic carbocycles.